The number of hydrogen-bond acceptors (Lipinski definition) is 9. The molecule has 1 spiro atoms. The van der Waals surface area contributed by atoms with Crippen molar-refractivity contribution in [1.29, 1.82) is 0 Å². The zero-order chi connectivity index (χ0) is 21.3. The topological polar surface area (TPSA) is 118 Å². The van der Waals surface area contributed by atoms with Gasteiger partial charge in [0.1, 0.15) is 13.2 Å². The van der Waals surface area contributed by atoms with Crippen LogP contribution in [-0.4, -0.2) is 63.2 Å². The molecule has 0 saturated carbocycles. The number of carbonyl (C=O) groups excluding carboxylic acids is 1. The summed E-state index contributed by atoms with van der Waals surface area (Å²) in [5.41, 5.74) is 1.01. The first kappa shape index (κ1) is 19.6. The molecule has 3 aromatic rings. The van der Waals surface area contributed by atoms with Crippen molar-refractivity contribution >= 4 is 17.4 Å². The maximum absolute atomic E-state index is 12.4. The normalized spacial score (nSPS) is 18.5. The second kappa shape index (κ2) is 8.05. The van der Waals surface area contributed by atoms with Crippen molar-refractivity contribution in [3.05, 3.63) is 48.3 Å². The van der Waals surface area contributed by atoms with Crippen LogP contribution in [0, 0.1) is 0 Å². The number of amides is 1. The molecule has 2 fully saturated rings. The van der Waals surface area contributed by atoms with Crippen LogP contribution < -0.4 is 9.80 Å². The molecule has 10 nitrogen and oxygen atoms in total. The van der Waals surface area contributed by atoms with Gasteiger partial charge >= 0.3 is 0 Å². The van der Waals surface area contributed by atoms with Gasteiger partial charge in [0.05, 0.1) is 12.1 Å². The molecule has 0 atom stereocenters. The molecule has 160 valence electrons. The number of nitrogens with zero attached hydrogens (tertiary/aromatic N) is 6. The summed E-state index contributed by atoms with van der Waals surface area (Å²) in [5, 5.41) is 21.2. The standard InChI is InChI=1S/C21H22N6O4/c28-12-17-22-20(31-25-17)16-6-7-18(24-23-16)26-10-8-21(9-11-26)14-27(19(29)13-30-21)15-4-2-1-3-5-15/h1-7,28H,8-14H2. The number of carbonyl (C=O) groups is 1. The van der Waals surface area contributed by atoms with Crippen LogP contribution in [0.15, 0.2) is 47.0 Å². The van der Waals surface area contributed by atoms with Gasteiger partial charge in [-0.3, -0.25) is 4.79 Å². The third-order valence-corrected chi connectivity index (χ3v) is 5.79. The molecule has 2 aromatic heterocycles. The fourth-order valence-electron chi connectivity index (χ4n) is 4.03. The van der Waals surface area contributed by atoms with Crippen LogP contribution >= 0.6 is 0 Å². The number of para-hydroxylation sites is 1. The second-order valence-electron chi connectivity index (χ2n) is 7.72. The van der Waals surface area contributed by atoms with E-state index in [4.69, 9.17) is 14.4 Å². The van der Waals surface area contributed by atoms with E-state index in [1.165, 1.54) is 0 Å². The Hall–Kier alpha value is -3.37. The predicted molar refractivity (Wildman–Crippen MR) is 110 cm³/mol. The van der Waals surface area contributed by atoms with Gasteiger partial charge in [0.25, 0.3) is 11.8 Å². The Morgan fingerprint density at radius 2 is 1.87 bits per heavy atom. The average molecular weight is 422 g/mol. The number of aromatic nitrogens is 4. The molecule has 5 rings (SSSR count). The molecule has 31 heavy (non-hydrogen) atoms. The Morgan fingerprint density at radius 3 is 2.55 bits per heavy atom. The lowest BCUT2D eigenvalue weighted by atomic mass is 9.89. The highest BCUT2D eigenvalue weighted by molar-refractivity contribution is 5.95. The van der Waals surface area contributed by atoms with E-state index in [0.717, 1.165) is 37.4 Å². The Bertz CT molecular complexity index is 1050. The van der Waals surface area contributed by atoms with Gasteiger partial charge < -0.3 is 24.2 Å². The van der Waals surface area contributed by atoms with E-state index >= 15 is 0 Å². The lowest BCUT2D eigenvalue weighted by Crippen LogP contribution is -2.59. The number of piperidine rings is 1. The van der Waals surface area contributed by atoms with E-state index in [1.807, 2.05) is 41.3 Å². The maximum Gasteiger partial charge on any atom is 0.278 e. The number of rotatable bonds is 4. The number of morpholine rings is 1. The van der Waals surface area contributed by atoms with Gasteiger partial charge in [-0.15, -0.1) is 10.2 Å². The minimum Gasteiger partial charge on any atom is -0.388 e. The molecule has 1 amide bonds. The van der Waals surface area contributed by atoms with Gasteiger partial charge in [0.15, 0.2) is 17.3 Å². The van der Waals surface area contributed by atoms with E-state index in [-0.39, 0.29) is 36.4 Å². The van der Waals surface area contributed by atoms with Crippen LogP contribution in [0.3, 0.4) is 0 Å². The third kappa shape index (κ3) is 3.87. The monoisotopic (exact) mass is 422 g/mol. The van der Waals surface area contributed by atoms with Crippen molar-refractivity contribution < 1.29 is 19.2 Å². The van der Waals surface area contributed by atoms with Crippen molar-refractivity contribution in [1.82, 2.24) is 20.3 Å². The van der Waals surface area contributed by atoms with Crippen LogP contribution in [0.2, 0.25) is 0 Å². The summed E-state index contributed by atoms with van der Waals surface area (Å²) < 4.78 is 11.1. The van der Waals surface area contributed by atoms with E-state index in [1.54, 1.807) is 6.07 Å². The van der Waals surface area contributed by atoms with Gasteiger partial charge in [0, 0.05) is 18.8 Å². The number of benzene rings is 1. The molecule has 10 heteroatoms. The Labute approximate surface area is 178 Å². The van der Waals surface area contributed by atoms with Crippen LogP contribution in [-0.2, 0) is 16.1 Å². The molecule has 0 unspecified atom stereocenters. The lowest BCUT2D eigenvalue weighted by molar-refractivity contribution is -0.141. The van der Waals surface area contributed by atoms with E-state index in [9.17, 15) is 4.79 Å². The predicted octanol–water partition coefficient (Wildman–Crippen LogP) is 1.42. The molecular formula is C21H22N6O4. The van der Waals surface area contributed by atoms with Crippen molar-refractivity contribution in [3.63, 3.8) is 0 Å². The Morgan fingerprint density at radius 1 is 1.06 bits per heavy atom. The fourth-order valence-corrected chi connectivity index (χ4v) is 4.03. The minimum absolute atomic E-state index is 0.00825. The van der Waals surface area contributed by atoms with E-state index in [0.29, 0.717) is 12.2 Å². The molecule has 4 heterocycles. The first-order valence-corrected chi connectivity index (χ1v) is 10.2. The van der Waals surface area contributed by atoms with Crippen molar-refractivity contribution in [2.45, 2.75) is 25.0 Å². The quantitative estimate of drug-likeness (QED) is 0.666. The van der Waals surface area contributed by atoms with E-state index in [2.05, 4.69) is 25.2 Å². The van der Waals surface area contributed by atoms with Gasteiger partial charge in [-0.25, -0.2) is 0 Å². The van der Waals surface area contributed by atoms with Gasteiger partial charge in [-0.1, -0.05) is 23.4 Å². The van der Waals surface area contributed by atoms with Crippen molar-refractivity contribution in [3.8, 4) is 11.6 Å². The van der Waals surface area contributed by atoms with Crippen LogP contribution in [0.25, 0.3) is 11.6 Å². The van der Waals surface area contributed by atoms with Crippen LogP contribution in [0.1, 0.15) is 18.7 Å². The summed E-state index contributed by atoms with van der Waals surface area (Å²) in [6.07, 6.45) is 1.58. The highest BCUT2D eigenvalue weighted by atomic mass is 16.5. The largest absolute Gasteiger partial charge is 0.388 e. The highest BCUT2D eigenvalue weighted by Crippen LogP contribution is 2.34. The molecule has 2 aliphatic rings. The van der Waals surface area contributed by atoms with Gasteiger partial charge in [-0.05, 0) is 37.1 Å². The first-order chi connectivity index (χ1) is 15.2. The summed E-state index contributed by atoms with van der Waals surface area (Å²) in [6.45, 7) is 1.86. The molecule has 2 aliphatic heterocycles. The van der Waals surface area contributed by atoms with Gasteiger partial charge in [0.2, 0.25) is 0 Å². The molecule has 0 aliphatic carbocycles. The summed E-state index contributed by atoms with van der Waals surface area (Å²) in [7, 11) is 0. The maximum atomic E-state index is 12.4. The first-order valence-electron chi connectivity index (χ1n) is 10.2. The van der Waals surface area contributed by atoms with Crippen molar-refractivity contribution in [2.75, 3.05) is 36.0 Å². The number of aliphatic hydroxyl groups is 1. The summed E-state index contributed by atoms with van der Waals surface area (Å²) >= 11 is 0. The molecule has 0 bridgehead atoms. The molecular weight excluding hydrogens is 400 g/mol. The Balaban J connectivity index is 1.25. The number of anilines is 2. The Kier molecular flexibility index (Phi) is 5.08. The number of ether oxygens (including phenoxy) is 1. The zero-order valence-corrected chi connectivity index (χ0v) is 16.8. The number of hydrogen-bond donors (Lipinski definition) is 1. The van der Waals surface area contributed by atoms with Crippen LogP contribution in [0.4, 0.5) is 11.5 Å². The molecule has 2 saturated heterocycles. The smallest absolute Gasteiger partial charge is 0.278 e. The van der Waals surface area contributed by atoms with Crippen LogP contribution in [0.5, 0.6) is 0 Å². The SMILES string of the molecule is O=C1COC2(CCN(c3ccc(-c4nc(CO)no4)nn3)CC2)CN1c1ccccc1. The molecule has 1 aromatic carbocycles. The minimum atomic E-state index is -0.349. The third-order valence-electron chi connectivity index (χ3n) is 5.79. The number of aliphatic hydroxyl groups excluding tert-OH is 1. The van der Waals surface area contributed by atoms with Gasteiger partial charge in [-0.2, -0.15) is 4.98 Å². The molecule has 1 N–H and O–H groups in total. The zero-order valence-electron chi connectivity index (χ0n) is 16.8. The highest BCUT2D eigenvalue weighted by Gasteiger charge is 2.43. The second-order valence-corrected chi connectivity index (χ2v) is 7.72. The average Bonchev–Trinajstić information content (AvgIpc) is 3.32. The summed E-state index contributed by atoms with van der Waals surface area (Å²) in [4.78, 5) is 20.4. The molecule has 0 radical (unpaired) electrons. The lowest BCUT2D eigenvalue weighted by Gasteiger charge is -2.47. The summed E-state index contributed by atoms with van der Waals surface area (Å²) in [5.74, 6) is 1.18. The summed E-state index contributed by atoms with van der Waals surface area (Å²) in [6, 6.07) is 13.4. The van der Waals surface area contributed by atoms with E-state index < -0.39 is 0 Å². The fraction of sp³-hybridized carbons (Fsp3) is 0.381. The van der Waals surface area contributed by atoms with Crippen molar-refractivity contribution in [2.24, 2.45) is 0 Å².